The number of carboxylic acid groups (broad SMARTS) is 1. The zero-order chi connectivity index (χ0) is 12.3. The van der Waals surface area contributed by atoms with Gasteiger partial charge in [-0.25, -0.2) is 4.79 Å². The molecule has 2 rings (SSSR count). The van der Waals surface area contributed by atoms with E-state index in [1.165, 1.54) is 25.5 Å². The van der Waals surface area contributed by atoms with E-state index in [4.69, 9.17) is 9.52 Å². The quantitative estimate of drug-likeness (QED) is 0.792. The van der Waals surface area contributed by atoms with Crippen LogP contribution in [-0.4, -0.2) is 28.6 Å². The van der Waals surface area contributed by atoms with Crippen molar-refractivity contribution in [3.05, 3.63) is 23.7 Å². The number of carboxylic acids is 1. The smallest absolute Gasteiger partial charge is 0.372 e. The fourth-order valence-electron chi connectivity index (χ4n) is 2.06. The summed E-state index contributed by atoms with van der Waals surface area (Å²) in [5.74, 6) is -0.886. The largest absolute Gasteiger partial charge is 0.475 e. The normalized spacial score (nSPS) is 15.4. The molecule has 4 nitrogen and oxygen atoms in total. The maximum Gasteiger partial charge on any atom is 0.372 e. The summed E-state index contributed by atoms with van der Waals surface area (Å²) in [6.45, 7) is 3.92. The summed E-state index contributed by atoms with van der Waals surface area (Å²) in [7, 11) is 0. The fraction of sp³-hybridized carbons (Fsp3) is 0.615. The van der Waals surface area contributed by atoms with Crippen molar-refractivity contribution in [2.24, 2.45) is 0 Å². The summed E-state index contributed by atoms with van der Waals surface area (Å²) < 4.78 is 5.01. The van der Waals surface area contributed by atoms with E-state index in [1.807, 2.05) is 0 Å². The topological polar surface area (TPSA) is 53.7 Å². The van der Waals surface area contributed by atoms with E-state index in [0.717, 1.165) is 18.5 Å². The van der Waals surface area contributed by atoms with Gasteiger partial charge in [-0.15, -0.1) is 0 Å². The van der Waals surface area contributed by atoms with Crippen LogP contribution in [0.1, 0.15) is 48.7 Å². The van der Waals surface area contributed by atoms with Crippen LogP contribution in [0.5, 0.6) is 0 Å². The van der Waals surface area contributed by atoms with Gasteiger partial charge in [-0.3, -0.25) is 4.90 Å². The molecule has 17 heavy (non-hydrogen) atoms. The lowest BCUT2D eigenvalue weighted by Crippen LogP contribution is -2.27. The molecule has 0 unspecified atom stereocenters. The van der Waals surface area contributed by atoms with Crippen LogP contribution < -0.4 is 0 Å². The van der Waals surface area contributed by atoms with Gasteiger partial charge in [0.1, 0.15) is 0 Å². The van der Waals surface area contributed by atoms with Gasteiger partial charge in [0.25, 0.3) is 0 Å². The molecule has 0 spiro atoms. The highest BCUT2D eigenvalue weighted by molar-refractivity contribution is 5.86. The second-order valence-electron chi connectivity index (χ2n) is 4.64. The van der Waals surface area contributed by atoms with E-state index in [9.17, 15) is 4.79 Å². The van der Waals surface area contributed by atoms with Crippen LogP contribution in [0, 0.1) is 0 Å². The maximum absolute atomic E-state index is 11.0. The summed E-state index contributed by atoms with van der Waals surface area (Å²) in [6.07, 6.45) is 6.27. The number of carbonyl (C=O) groups is 1. The van der Waals surface area contributed by atoms with E-state index in [2.05, 4.69) is 11.8 Å². The van der Waals surface area contributed by atoms with Gasteiger partial charge in [-0.1, -0.05) is 13.3 Å². The Morgan fingerprint density at radius 3 is 2.94 bits per heavy atom. The first-order valence-corrected chi connectivity index (χ1v) is 6.26. The first-order chi connectivity index (χ1) is 8.22. The molecular weight excluding hydrogens is 218 g/mol. The van der Waals surface area contributed by atoms with E-state index in [1.54, 1.807) is 6.07 Å². The Balaban J connectivity index is 2.01. The molecule has 1 N–H and O–H groups in total. The third-order valence-corrected chi connectivity index (χ3v) is 3.18. The minimum atomic E-state index is -0.976. The van der Waals surface area contributed by atoms with Gasteiger partial charge in [0.05, 0.1) is 6.26 Å². The van der Waals surface area contributed by atoms with Crippen molar-refractivity contribution in [1.29, 1.82) is 0 Å². The average Bonchev–Trinajstić information content (AvgIpc) is 3.03. The zero-order valence-corrected chi connectivity index (χ0v) is 10.2. The summed E-state index contributed by atoms with van der Waals surface area (Å²) in [5.41, 5.74) is 0.792. The molecule has 0 saturated heterocycles. The fourth-order valence-corrected chi connectivity index (χ4v) is 2.06. The van der Waals surface area contributed by atoms with Gasteiger partial charge in [0.2, 0.25) is 5.76 Å². The van der Waals surface area contributed by atoms with E-state index in [0.29, 0.717) is 12.6 Å². The van der Waals surface area contributed by atoms with Crippen molar-refractivity contribution >= 4 is 5.97 Å². The first kappa shape index (κ1) is 12.2. The van der Waals surface area contributed by atoms with Crippen LogP contribution in [-0.2, 0) is 6.54 Å². The van der Waals surface area contributed by atoms with Crippen LogP contribution in [0.15, 0.2) is 16.7 Å². The predicted octanol–water partition coefficient (Wildman–Crippen LogP) is 2.74. The van der Waals surface area contributed by atoms with Crippen molar-refractivity contribution in [1.82, 2.24) is 4.90 Å². The molecule has 94 valence electrons. The Kier molecular flexibility index (Phi) is 3.84. The lowest BCUT2D eigenvalue weighted by Gasteiger charge is -2.21. The Labute approximate surface area is 101 Å². The minimum absolute atomic E-state index is 0.0900. The number of hydrogen-bond donors (Lipinski definition) is 1. The lowest BCUT2D eigenvalue weighted by atomic mass is 10.2. The summed E-state index contributed by atoms with van der Waals surface area (Å²) in [6, 6.07) is 2.42. The second-order valence-corrected chi connectivity index (χ2v) is 4.64. The van der Waals surface area contributed by atoms with Crippen LogP contribution in [0.2, 0.25) is 0 Å². The molecule has 1 aromatic heterocycles. The van der Waals surface area contributed by atoms with Crippen LogP contribution in [0.3, 0.4) is 0 Å². The van der Waals surface area contributed by atoms with Gasteiger partial charge in [0.15, 0.2) is 0 Å². The Bertz CT molecular complexity index is 382. The third kappa shape index (κ3) is 3.09. The molecule has 1 aliphatic carbocycles. The molecular formula is C13H19NO3. The number of nitrogens with zero attached hydrogens (tertiary/aromatic N) is 1. The van der Waals surface area contributed by atoms with Crippen molar-refractivity contribution in [3.8, 4) is 0 Å². The number of hydrogen-bond acceptors (Lipinski definition) is 3. The summed E-state index contributed by atoms with van der Waals surface area (Å²) in [5, 5.41) is 8.99. The van der Waals surface area contributed by atoms with Gasteiger partial charge in [-0.05, 0) is 31.9 Å². The van der Waals surface area contributed by atoms with Crippen molar-refractivity contribution in [2.45, 2.75) is 45.2 Å². The molecule has 1 heterocycles. The molecule has 0 aromatic carbocycles. The van der Waals surface area contributed by atoms with Crippen molar-refractivity contribution in [3.63, 3.8) is 0 Å². The van der Waals surface area contributed by atoms with Crippen LogP contribution >= 0.6 is 0 Å². The molecule has 4 heteroatoms. The minimum Gasteiger partial charge on any atom is -0.475 e. The van der Waals surface area contributed by atoms with E-state index in [-0.39, 0.29) is 5.76 Å². The predicted molar refractivity (Wildman–Crippen MR) is 64.0 cm³/mol. The Hall–Kier alpha value is -1.29. The molecule has 0 bridgehead atoms. The van der Waals surface area contributed by atoms with Crippen molar-refractivity contribution in [2.75, 3.05) is 6.54 Å². The summed E-state index contributed by atoms with van der Waals surface area (Å²) in [4.78, 5) is 13.3. The number of furan rings is 1. The average molecular weight is 237 g/mol. The zero-order valence-electron chi connectivity index (χ0n) is 10.2. The van der Waals surface area contributed by atoms with Gasteiger partial charge in [0, 0.05) is 18.2 Å². The molecule has 1 aliphatic rings. The SMILES string of the molecule is CCCCN(Cc1ccoc1C(=O)O)C1CC1. The molecule has 0 amide bonds. The Morgan fingerprint density at radius 1 is 1.59 bits per heavy atom. The molecule has 0 aliphatic heterocycles. The van der Waals surface area contributed by atoms with Gasteiger partial charge >= 0.3 is 5.97 Å². The standard InChI is InChI=1S/C13H19NO3/c1-2-3-7-14(11-4-5-11)9-10-6-8-17-12(10)13(15)16/h6,8,11H,2-5,7,9H2,1H3,(H,15,16). The highest BCUT2D eigenvalue weighted by Gasteiger charge is 2.29. The molecule has 0 radical (unpaired) electrons. The van der Waals surface area contributed by atoms with E-state index < -0.39 is 5.97 Å². The Morgan fingerprint density at radius 2 is 2.35 bits per heavy atom. The van der Waals surface area contributed by atoms with Crippen LogP contribution in [0.4, 0.5) is 0 Å². The summed E-state index contributed by atoms with van der Waals surface area (Å²) >= 11 is 0. The lowest BCUT2D eigenvalue weighted by molar-refractivity contribution is 0.0659. The number of unbranched alkanes of at least 4 members (excludes halogenated alkanes) is 1. The maximum atomic E-state index is 11.0. The molecule has 0 atom stereocenters. The second kappa shape index (κ2) is 5.36. The highest BCUT2D eigenvalue weighted by Crippen LogP contribution is 2.29. The third-order valence-electron chi connectivity index (χ3n) is 3.18. The van der Waals surface area contributed by atoms with Crippen molar-refractivity contribution < 1.29 is 14.3 Å². The van der Waals surface area contributed by atoms with E-state index >= 15 is 0 Å². The molecule has 1 fully saturated rings. The first-order valence-electron chi connectivity index (χ1n) is 6.26. The number of aromatic carboxylic acids is 1. The highest BCUT2D eigenvalue weighted by atomic mass is 16.4. The van der Waals surface area contributed by atoms with Crippen LogP contribution in [0.25, 0.3) is 0 Å². The molecule has 1 aromatic rings. The van der Waals surface area contributed by atoms with Gasteiger partial charge in [-0.2, -0.15) is 0 Å². The molecule has 1 saturated carbocycles. The van der Waals surface area contributed by atoms with Gasteiger partial charge < -0.3 is 9.52 Å². The monoisotopic (exact) mass is 237 g/mol. The number of rotatable bonds is 7.